The fraction of sp³-hybridized carbons (Fsp3) is 0.250. The first-order chi connectivity index (χ1) is 11.0. The van der Waals surface area contributed by atoms with Gasteiger partial charge in [0.05, 0.1) is 11.3 Å². The van der Waals surface area contributed by atoms with Crippen LogP contribution in [0.1, 0.15) is 6.92 Å². The number of anilines is 1. The molecule has 0 saturated carbocycles. The Morgan fingerprint density at radius 2 is 2.00 bits per heavy atom. The lowest BCUT2D eigenvalue weighted by atomic mass is 10.1. The van der Waals surface area contributed by atoms with E-state index in [4.69, 9.17) is 0 Å². The van der Waals surface area contributed by atoms with Gasteiger partial charge in [0, 0.05) is 25.0 Å². The van der Waals surface area contributed by atoms with E-state index in [0.717, 1.165) is 5.69 Å². The molecule has 0 bridgehead atoms. The highest BCUT2D eigenvalue weighted by Gasteiger charge is 2.26. The van der Waals surface area contributed by atoms with Crippen LogP contribution in [-0.4, -0.2) is 43.9 Å². The van der Waals surface area contributed by atoms with Crippen LogP contribution in [0, 0.1) is 0 Å². The monoisotopic (exact) mass is 331 g/mol. The molecule has 2 heterocycles. The van der Waals surface area contributed by atoms with Gasteiger partial charge in [-0.3, -0.25) is 4.79 Å². The maximum absolute atomic E-state index is 12.8. The van der Waals surface area contributed by atoms with E-state index in [9.17, 15) is 13.2 Å². The van der Waals surface area contributed by atoms with Crippen molar-refractivity contribution in [2.45, 2.75) is 6.92 Å². The number of nitrogens with zero attached hydrogens (tertiary/aromatic N) is 3. The SMILES string of the molecule is CCN(C(=O)C1=CN2CCS(=O)(=O)N=C2C=C1)c1ccccc1. The maximum atomic E-state index is 12.8. The Bertz CT molecular complexity index is 810. The third kappa shape index (κ3) is 3.19. The largest absolute Gasteiger partial charge is 0.330 e. The second-order valence-electron chi connectivity index (χ2n) is 5.23. The van der Waals surface area contributed by atoms with E-state index < -0.39 is 10.0 Å². The van der Waals surface area contributed by atoms with Crippen molar-refractivity contribution in [3.05, 3.63) is 54.3 Å². The molecule has 2 aliphatic rings. The molecule has 0 N–H and O–H groups in total. The summed E-state index contributed by atoms with van der Waals surface area (Å²) in [7, 11) is -3.38. The molecule has 2 aliphatic heterocycles. The second-order valence-corrected chi connectivity index (χ2v) is 6.99. The molecule has 1 aromatic rings. The fourth-order valence-electron chi connectivity index (χ4n) is 2.53. The van der Waals surface area contributed by atoms with Crippen LogP contribution in [0.4, 0.5) is 5.69 Å². The molecular formula is C16H17N3O3S. The van der Waals surface area contributed by atoms with E-state index in [-0.39, 0.29) is 11.7 Å². The van der Waals surface area contributed by atoms with Crippen molar-refractivity contribution in [2.75, 3.05) is 23.7 Å². The Balaban J connectivity index is 1.87. The molecular weight excluding hydrogens is 314 g/mol. The fourth-order valence-corrected chi connectivity index (χ4v) is 3.50. The zero-order valence-corrected chi connectivity index (χ0v) is 13.5. The minimum Gasteiger partial charge on any atom is -0.330 e. The molecule has 120 valence electrons. The lowest BCUT2D eigenvalue weighted by Gasteiger charge is -2.29. The van der Waals surface area contributed by atoms with Crippen LogP contribution in [0.25, 0.3) is 0 Å². The number of para-hydroxylation sites is 1. The van der Waals surface area contributed by atoms with Gasteiger partial charge in [-0.1, -0.05) is 18.2 Å². The standard InChI is InChI=1S/C16H17N3O3S/c1-2-19(14-6-4-3-5-7-14)16(20)13-8-9-15-17-23(21,22)11-10-18(15)12-13/h3-9,12H,2,10-11H2,1H3. The van der Waals surface area contributed by atoms with Gasteiger partial charge in [0.15, 0.2) is 0 Å². The number of hydrogen-bond acceptors (Lipinski definition) is 4. The summed E-state index contributed by atoms with van der Waals surface area (Å²) in [4.78, 5) is 16.1. The summed E-state index contributed by atoms with van der Waals surface area (Å²) in [5, 5.41) is 0. The molecule has 0 spiro atoms. The topological polar surface area (TPSA) is 70.1 Å². The highest BCUT2D eigenvalue weighted by Crippen LogP contribution is 2.20. The normalized spacial score (nSPS) is 18.7. The van der Waals surface area contributed by atoms with Crippen molar-refractivity contribution in [1.82, 2.24) is 4.90 Å². The summed E-state index contributed by atoms with van der Waals surface area (Å²) in [6, 6.07) is 9.44. The van der Waals surface area contributed by atoms with E-state index in [0.29, 0.717) is 24.5 Å². The van der Waals surface area contributed by atoms with Gasteiger partial charge in [-0.15, -0.1) is 4.40 Å². The number of benzene rings is 1. The molecule has 3 rings (SSSR count). The first-order valence-electron chi connectivity index (χ1n) is 7.36. The number of rotatable bonds is 3. The average Bonchev–Trinajstić information content (AvgIpc) is 2.55. The van der Waals surface area contributed by atoms with E-state index in [2.05, 4.69) is 4.40 Å². The van der Waals surface area contributed by atoms with Crippen molar-refractivity contribution >= 4 is 27.5 Å². The van der Waals surface area contributed by atoms with E-state index in [1.807, 2.05) is 37.3 Å². The molecule has 6 nitrogen and oxygen atoms in total. The van der Waals surface area contributed by atoms with Crippen LogP contribution in [-0.2, 0) is 14.8 Å². The molecule has 0 saturated heterocycles. The minimum absolute atomic E-state index is 0.0432. The van der Waals surface area contributed by atoms with E-state index >= 15 is 0 Å². The number of amidine groups is 1. The van der Waals surface area contributed by atoms with Crippen LogP contribution < -0.4 is 4.90 Å². The number of likely N-dealkylation sites (N-methyl/N-ethyl adjacent to an activating group) is 1. The average molecular weight is 331 g/mol. The van der Waals surface area contributed by atoms with Crippen LogP contribution in [0.15, 0.2) is 58.7 Å². The summed E-state index contributed by atoms with van der Waals surface area (Å²) >= 11 is 0. The Kier molecular flexibility index (Phi) is 4.04. The summed E-state index contributed by atoms with van der Waals surface area (Å²) in [5.41, 5.74) is 1.34. The summed E-state index contributed by atoms with van der Waals surface area (Å²) in [6.07, 6.45) is 4.86. The number of fused-ring (bicyclic) bond motifs is 1. The first kappa shape index (κ1) is 15.5. The molecule has 1 aromatic carbocycles. The van der Waals surface area contributed by atoms with Crippen LogP contribution in [0.3, 0.4) is 0 Å². The number of carbonyl (C=O) groups is 1. The van der Waals surface area contributed by atoms with Gasteiger partial charge in [-0.25, -0.2) is 8.42 Å². The highest BCUT2D eigenvalue weighted by atomic mass is 32.2. The summed E-state index contributed by atoms with van der Waals surface area (Å²) < 4.78 is 26.7. The molecule has 0 unspecified atom stereocenters. The highest BCUT2D eigenvalue weighted by molar-refractivity contribution is 7.90. The second kappa shape index (κ2) is 6.00. The number of carbonyl (C=O) groups excluding carboxylic acids is 1. The van der Waals surface area contributed by atoms with Crippen LogP contribution >= 0.6 is 0 Å². The molecule has 0 atom stereocenters. The van der Waals surface area contributed by atoms with E-state index in [1.165, 1.54) is 0 Å². The maximum Gasteiger partial charge on any atom is 0.259 e. The van der Waals surface area contributed by atoms with Gasteiger partial charge < -0.3 is 9.80 Å². The Morgan fingerprint density at radius 1 is 1.26 bits per heavy atom. The smallest absolute Gasteiger partial charge is 0.259 e. The predicted molar refractivity (Wildman–Crippen MR) is 89.6 cm³/mol. The van der Waals surface area contributed by atoms with Gasteiger partial charge in [0.2, 0.25) is 0 Å². The third-order valence-electron chi connectivity index (χ3n) is 3.70. The Morgan fingerprint density at radius 3 is 2.70 bits per heavy atom. The molecule has 7 heteroatoms. The molecule has 0 aromatic heterocycles. The van der Waals surface area contributed by atoms with Crippen molar-refractivity contribution in [2.24, 2.45) is 4.40 Å². The Hall–Kier alpha value is -2.41. The molecule has 1 amide bonds. The molecule has 0 fully saturated rings. The number of hydrogen-bond donors (Lipinski definition) is 0. The lowest BCUT2D eigenvalue weighted by molar-refractivity contribution is -0.114. The first-order valence-corrected chi connectivity index (χ1v) is 8.97. The van der Waals surface area contributed by atoms with Crippen LogP contribution in [0.2, 0.25) is 0 Å². The minimum atomic E-state index is -3.38. The third-order valence-corrected chi connectivity index (χ3v) is 4.86. The van der Waals surface area contributed by atoms with Gasteiger partial charge in [0.25, 0.3) is 15.9 Å². The summed E-state index contributed by atoms with van der Waals surface area (Å²) in [6.45, 7) is 2.77. The van der Waals surface area contributed by atoms with Gasteiger partial charge in [-0.2, -0.15) is 0 Å². The van der Waals surface area contributed by atoms with Crippen LogP contribution in [0.5, 0.6) is 0 Å². The molecule has 23 heavy (non-hydrogen) atoms. The number of sulfonamides is 1. The van der Waals surface area contributed by atoms with Crippen molar-refractivity contribution in [3.63, 3.8) is 0 Å². The predicted octanol–water partition coefficient (Wildman–Crippen LogP) is 1.54. The zero-order chi connectivity index (χ0) is 16.4. The van der Waals surface area contributed by atoms with Crippen molar-refractivity contribution in [1.29, 1.82) is 0 Å². The Labute approximate surface area is 135 Å². The van der Waals surface area contributed by atoms with Gasteiger partial charge in [0.1, 0.15) is 5.84 Å². The summed E-state index contributed by atoms with van der Waals surface area (Å²) in [5.74, 6) is 0.191. The number of amides is 1. The van der Waals surface area contributed by atoms with Crippen molar-refractivity contribution in [3.8, 4) is 0 Å². The molecule has 0 radical (unpaired) electrons. The van der Waals surface area contributed by atoms with Gasteiger partial charge >= 0.3 is 0 Å². The molecule has 0 aliphatic carbocycles. The van der Waals surface area contributed by atoms with E-state index in [1.54, 1.807) is 28.2 Å². The zero-order valence-electron chi connectivity index (χ0n) is 12.7. The quantitative estimate of drug-likeness (QED) is 0.842. The van der Waals surface area contributed by atoms with Crippen molar-refractivity contribution < 1.29 is 13.2 Å². The lowest BCUT2D eigenvalue weighted by Crippen LogP contribution is -2.39. The van der Waals surface area contributed by atoms with Gasteiger partial charge in [-0.05, 0) is 31.2 Å².